The third-order valence-electron chi connectivity index (χ3n) is 2.47. The molecule has 1 radical (unpaired) electrons. The van der Waals surface area contributed by atoms with Crippen LogP contribution in [0.4, 0.5) is 0 Å². The molecule has 0 saturated heterocycles. The molecule has 0 aromatic carbocycles. The maximum absolute atomic E-state index is 2.50. The Morgan fingerprint density at radius 3 is 2.08 bits per heavy atom. The van der Waals surface area contributed by atoms with Crippen molar-refractivity contribution in [1.29, 1.82) is 0 Å². The van der Waals surface area contributed by atoms with Gasteiger partial charge < -0.3 is 0 Å². The van der Waals surface area contributed by atoms with E-state index in [0.717, 1.165) is 11.8 Å². The van der Waals surface area contributed by atoms with E-state index in [0.29, 0.717) is 0 Å². The molecule has 73 valence electrons. The van der Waals surface area contributed by atoms with Crippen molar-refractivity contribution >= 4 is 0 Å². The average molecular weight is 169 g/mol. The summed E-state index contributed by atoms with van der Waals surface area (Å²) in [7, 11) is 0. The highest BCUT2D eigenvalue weighted by Gasteiger charge is 2.05. The largest absolute Gasteiger partial charge is 0.0654 e. The van der Waals surface area contributed by atoms with Gasteiger partial charge >= 0.3 is 0 Å². The molecule has 0 rings (SSSR count). The molecule has 0 heteroatoms. The molecule has 0 nitrogen and oxygen atoms in total. The lowest BCUT2D eigenvalue weighted by Crippen LogP contribution is -2.00. The van der Waals surface area contributed by atoms with Crippen molar-refractivity contribution in [3.05, 3.63) is 6.42 Å². The first kappa shape index (κ1) is 12.0. The molecule has 2 unspecified atom stereocenters. The van der Waals surface area contributed by atoms with E-state index >= 15 is 0 Å². The Bertz CT molecular complexity index is 74.0. The molecule has 0 aliphatic heterocycles. The normalized spacial score (nSPS) is 16.0. The standard InChI is InChI=1S/C12H25/c1-5-7-11(3)9-10-12(4)8-6-2/h9,11-12H,5-8,10H2,1-4H3. The number of hydrogen-bond acceptors (Lipinski definition) is 0. The molecule has 0 bridgehead atoms. The summed E-state index contributed by atoms with van der Waals surface area (Å²) < 4.78 is 0. The third-order valence-corrected chi connectivity index (χ3v) is 2.47. The van der Waals surface area contributed by atoms with Crippen LogP contribution >= 0.6 is 0 Å². The highest BCUT2D eigenvalue weighted by Crippen LogP contribution is 2.18. The summed E-state index contributed by atoms with van der Waals surface area (Å²) in [6.07, 6.45) is 9.21. The highest BCUT2D eigenvalue weighted by atomic mass is 14.1. The first-order valence-corrected chi connectivity index (χ1v) is 5.54. The van der Waals surface area contributed by atoms with Crippen molar-refractivity contribution in [2.45, 2.75) is 59.8 Å². The van der Waals surface area contributed by atoms with E-state index in [1.807, 2.05) is 0 Å². The van der Waals surface area contributed by atoms with Gasteiger partial charge in [0.05, 0.1) is 0 Å². The molecule has 0 N–H and O–H groups in total. The minimum Gasteiger partial charge on any atom is -0.0654 e. The Morgan fingerprint density at radius 1 is 1.00 bits per heavy atom. The number of hydrogen-bond donors (Lipinski definition) is 0. The van der Waals surface area contributed by atoms with Gasteiger partial charge in [0.15, 0.2) is 0 Å². The van der Waals surface area contributed by atoms with Gasteiger partial charge in [-0.25, -0.2) is 0 Å². The molecule has 0 fully saturated rings. The van der Waals surface area contributed by atoms with Gasteiger partial charge in [0.1, 0.15) is 0 Å². The number of rotatable bonds is 7. The van der Waals surface area contributed by atoms with Crippen LogP contribution in [0, 0.1) is 18.3 Å². The zero-order valence-corrected chi connectivity index (χ0v) is 9.27. The second-order valence-electron chi connectivity index (χ2n) is 4.13. The van der Waals surface area contributed by atoms with Crippen LogP contribution in [0.2, 0.25) is 0 Å². The summed E-state index contributed by atoms with van der Waals surface area (Å²) >= 11 is 0. The summed E-state index contributed by atoms with van der Waals surface area (Å²) in [6.45, 7) is 9.23. The van der Waals surface area contributed by atoms with E-state index in [4.69, 9.17) is 0 Å². The average Bonchev–Trinajstić information content (AvgIpc) is 2.02. The topological polar surface area (TPSA) is 0 Å². The zero-order chi connectivity index (χ0) is 9.40. The SMILES string of the molecule is CCCC(C)[CH]CC(C)CCC. The lowest BCUT2D eigenvalue weighted by Gasteiger charge is -2.13. The van der Waals surface area contributed by atoms with Crippen molar-refractivity contribution < 1.29 is 0 Å². The fourth-order valence-corrected chi connectivity index (χ4v) is 1.65. The lowest BCUT2D eigenvalue weighted by molar-refractivity contribution is 0.471. The second-order valence-corrected chi connectivity index (χ2v) is 4.13. The maximum Gasteiger partial charge on any atom is -0.0355 e. The van der Waals surface area contributed by atoms with Gasteiger partial charge in [-0.15, -0.1) is 0 Å². The van der Waals surface area contributed by atoms with Crippen LogP contribution in [-0.2, 0) is 0 Å². The van der Waals surface area contributed by atoms with Crippen LogP contribution in [0.15, 0.2) is 0 Å². The summed E-state index contributed by atoms with van der Waals surface area (Å²) in [5.41, 5.74) is 0. The molecule has 0 aliphatic rings. The van der Waals surface area contributed by atoms with Crippen molar-refractivity contribution in [2.24, 2.45) is 11.8 Å². The molecule has 0 aromatic rings. The van der Waals surface area contributed by atoms with E-state index in [1.54, 1.807) is 0 Å². The zero-order valence-electron chi connectivity index (χ0n) is 9.27. The van der Waals surface area contributed by atoms with Crippen LogP contribution in [0.5, 0.6) is 0 Å². The summed E-state index contributed by atoms with van der Waals surface area (Å²) in [6, 6.07) is 0. The van der Waals surface area contributed by atoms with Crippen LogP contribution < -0.4 is 0 Å². The smallest absolute Gasteiger partial charge is 0.0355 e. The van der Waals surface area contributed by atoms with Gasteiger partial charge in [-0.05, 0) is 24.7 Å². The molecule has 0 heterocycles. The predicted molar refractivity (Wildman–Crippen MR) is 57.1 cm³/mol. The van der Waals surface area contributed by atoms with Crippen LogP contribution in [-0.4, -0.2) is 0 Å². The van der Waals surface area contributed by atoms with E-state index in [2.05, 4.69) is 34.1 Å². The molecular formula is C12H25. The Morgan fingerprint density at radius 2 is 1.58 bits per heavy atom. The summed E-state index contributed by atoms with van der Waals surface area (Å²) in [5, 5.41) is 0. The van der Waals surface area contributed by atoms with Gasteiger partial charge in [-0.2, -0.15) is 0 Å². The van der Waals surface area contributed by atoms with Crippen LogP contribution in [0.3, 0.4) is 0 Å². The molecule has 0 spiro atoms. The minimum atomic E-state index is 0.828. The van der Waals surface area contributed by atoms with E-state index in [9.17, 15) is 0 Å². The summed E-state index contributed by atoms with van der Waals surface area (Å²) in [5.74, 6) is 1.73. The first-order valence-electron chi connectivity index (χ1n) is 5.54. The van der Waals surface area contributed by atoms with Crippen molar-refractivity contribution in [3.63, 3.8) is 0 Å². The Labute approximate surface area is 78.8 Å². The highest BCUT2D eigenvalue weighted by molar-refractivity contribution is 4.74. The summed E-state index contributed by atoms with van der Waals surface area (Å²) in [4.78, 5) is 0. The van der Waals surface area contributed by atoms with E-state index < -0.39 is 0 Å². The van der Waals surface area contributed by atoms with Crippen molar-refractivity contribution in [3.8, 4) is 0 Å². The van der Waals surface area contributed by atoms with Crippen LogP contribution in [0.25, 0.3) is 0 Å². The second kappa shape index (κ2) is 7.64. The van der Waals surface area contributed by atoms with Gasteiger partial charge in [0, 0.05) is 0 Å². The van der Waals surface area contributed by atoms with Gasteiger partial charge in [0.25, 0.3) is 0 Å². The fourth-order valence-electron chi connectivity index (χ4n) is 1.65. The monoisotopic (exact) mass is 169 g/mol. The predicted octanol–water partition coefficient (Wildman–Crippen LogP) is 4.45. The van der Waals surface area contributed by atoms with Crippen molar-refractivity contribution in [1.82, 2.24) is 0 Å². The van der Waals surface area contributed by atoms with E-state index in [-0.39, 0.29) is 0 Å². The Balaban J connectivity index is 3.27. The molecule has 2 atom stereocenters. The quantitative estimate of drug-likeness (QED) is 0.528. The fraction of sp³-hybridized carbons (Fsp3) is 0.917. The Kier molecular flexibility index (Phi) is 7.64. The van der Waals surface area contributed by atoms with Gasteiger partial charge in [-0.1, -0.05) is 53.4 Å². The lowest BCUT2D eigenvalue weighted by atomic mass is 9.93. The minimum absolute atomic E-state index is 0.828. The molecule has 0 saturated carbocycles. The molecule has 12 heavy (non-hydrogen) atoms. The van der Waals surface area contributed by atoms with Crippen LogP contribution in [0.1, 0.15) is 59.8 Å². The van der Waals surface area contributed by atoms with Crippen molar-refractivity contribution in [2.75, 3.05) is 0 Å². The first-order chi connectivity index (χ1) is 5.70. The molecule has 0 aromatic heterocycles. The Hall–Kier alpha value is 0. The van der Waals surface area contributed by atoms with Gasteiger partial charge in [0.2, 0.25) is 0 Å². The maximum atomic E-state index is 2.50. The molecule has 0 amide bonds. The molecular weight excluding hydrogens is 144 g/mol. The van der Waals surface area contributed by atoms with E-state index in [1.165, 1.54) is 32.1 Å². The molecule has 0 aliphatic carbocycles. The van der Waals surface area contributed by atoms with Gasteiger partial charge in [-0.3, -0.25) is 0 Å². The third kappa shape index (κ3) is 6.69.